The van der Waals surface area contributed by atoms with Crippen LogP contribution in [0, 0.1) is 5.92 Å². The molecule has 1 aliphatic heterocycles. The summed E-state index contributed by atoms with van der Waals surface area (Å²) in [7, 11) is 1.69. The Bertz CT molecular complexity index is 613. The number of aliphatic imine (C=N–C) groups is 1. The van der Waals surface area contributed by atoms with Gasteiger partial charge in [-0.3, -0.25) is 4.99 Å². The van der Waals surface area contributed by atoms with Crippen LogP contribution >= 0.6 is 24.0 Å². The predicted molar refractivity (Wildman–Crippen MR) is 139 cm³/mol. The van der Waals surface area contributed by atoms with E-state index in [0.717, 1.165) is 50.0 Å². The van der Waals surface area contributed by atoms with E-state index in [1.807, 2.05) is 38.1 Å². The van der Waals surface area contributed by atoms with Gasteiger partial charge in [-0.1, -0.05) is 6.92 Å². The summed E-state index contributed by atoms with van der Waals surface area (Å²) in [6, 6.07) is 8.02. The molecule has 8 heteroatoms. The summed E-state index contributed by atoms with van der Waals surface area (Å²) < 4.78 is 16.3. The van der Waals surface area contributed by atoms with Crippen LogP contribution < -0.4 is 15.4 Å². The third-order valence-electron chi connectivity index (χ3n) is 5.00. The second kappa shape index (κ2) is 16.5. The standard InChI is InChI=1S/C23H40N4O3.HI/c1-5-27-13-11-20(18-27)17-25-23(24-12-6-14-29-16-15-28-4)26-21-7-9-22(10-8-21)30-19(2)3;/h7-10,19-20H,5-6,11-18H2,1-4H3,(H2,24,25,26);1H. The molecule has 178 valence electrons. The van der Waals surface area contributed by atoms with Gasteiger partial charge in [0.05, 0.1) is 19.3 Å². The maximum atomic E-state index is 5.73. The fraction of sp³-hybridized carbons (Fsp3) is 0.696. The molecular formula is C23H41IN4O3. The van der Waals surface area contributed by atoms with Crippen molar-refractivity contribution >= 4 is 35.6 Å². The number of guanidine groups is 1. The fourth-order valence-electron chi connectivity index (χ4n) is 3.36. The van der Waals surface area contributed by atoms with E-state index in [9.17, 15) is 0 Å². The molecule has 0 aromatic heterocycles. The molecule has 0 aliphatic carbocycles. The first kappa shape index (κ1) is 27.9. The van der Waals surface area contributed by atoms with Crippen molar-refractivity contribution in [2.75, 3.05) is 65.0 Å². The van der Waals surface area contributed by atoms with Gasteiger partial charge in [-0.15, -0.1) is 24.0 Å². The quantitative estimate of drug-likeness (QED) is 0.169. The lowest BCUT2D eigenvalue weighted by Crippen LogP contribution is -2.33. The summed E-state index contributed by atoms with van der Waals surface area (Å²) in [5.74, 6) is 2.32. The van der Waals surface area contributed by atoms with Gasteiger partial charge in [-0.25, -0.2) is 0 Å². The molecule has 1 atom stereocenters. The summed E-state index contributed by atoms with van der Waals surface area (Å²) >= 11 is 0. The first-order valence-corrected chi connectivity index (χ1v) is 11.2. The summed E-state index contributed by atoms with van der Waals surface area (Å²) in [4.78, 5) is 7.36. The topological polar surface area (TPSA) is 67.4 Å². The van der Waals surface area contributed by atoms with Crippen LogP contribution in [-0.2, 0) is 9.47 Å². The Balaban J connectivity index is 0.00000480. The number of likely N-dealkylation sites (tertiary alicyclic amines) is 1. The van der Waals surface area contributed by atoms with E-state index in [1.54, 1.807) is 7.11 Å². The Morgan fingerprint density at radius 2 is 1.97 bits per heavy atom. The Morgan fingerprint density at radius 3 is 2.61 bits per heavy atom. The zero-order chi connectivity index (χ0) is 21.6. The molecule has 1 aromatic carbocycles. The Labute approximate surface area is 205 Å². The molecule has 1 aliphatic rings. The Morgan fingerprint density at radius 1 is 1.19 bits per heavy atom. The minimum Gasteiger partial charge on any atom is -0.491 e. The van der Waals surface area contributed by atoms with Crippen molar-refractivity contribution in [3.63, 3.8) is 0 Å². The molecule has 1 saturated heterocycles. The van der Waals surface area contributed by atoms with E-state index >= 15 is 0 Å². The first-order valence-electron chi connectivity index (χ1n) is 11.2. The summed E-state index contributed by atoms with van der Waals surface area (Å²) in [5.41, 5.74) is 0.996. The minimum absolute atomic E-state index is 0. The van der Waals surface area contributed by atoms with Crippen LogP contribution in [0.1, 0.15) is 33.6 Å². The largest absolute Gasteiger partial charge is 0.491 e. The van der Waals surface area contributed by atoms with Crippen molar-refractivity contribution in [2.45, 2.75) is 39.7 Å². The van der Waals surface area contributed by atoms with Gasteiger partial charge in [0.15, 0.2) is 5.96 Å². The van der Waals surface area contributed by atoms with Gasteiger partial charge in [0.1, 0.15) is 5.75 Å². The van der Waals surface area contributed by atoms with Crippen LogP contribution in [0.15, 0.2) is 29.3 Å². The molecular weight excluding hydrogens is 507 g/mol. The number of benzene rings is 1. The number of rotatable bonds is 13. The Hall–Kier alpha value is -1.10. The molecule has 1 unspecified atom stereocenters. The number of nitrogens with zero attached hydrogens (tertiary/aromatic N) is 2. The highest BCUT2D eigenvalue weighted by Crippen LogP contribution is 2.18. The lowest BCUT2D eigenvalue weighted by Gasteiger charge is -2.16. The Kier molecular flexibility index (Phi) is 14.9. The average Bonchev–Trinajstić information content (AvgIpc) is 3.20. The second-order valence-electron chi connectivity index (χ2n) is 7.94. The highest BCUT2D eigenvalue weighted by Gasteiger charge is 2.20. The number of halogens is 1. The van der Waals surface area contributed by atoms with Gasteiger partial charge in [-0.2, -0.15) is 0 Å². The van der Waals surface area contributed by atoms with E-state index in [2.05, 4.69) is 22.5 Å². The van der Waals surface area contributed by atoms with Crippen molar-refractivity contribution in [1.82, 2.24) is 10.2 Å². The van der Waals surface area contributed by atoms with Gasteiger partial charge in [0.2, 0.25) is 0 Å². The third-order valence-corrected chi connectivity index (χ3v) is 5.00. The van der Waals surface area contributed by atoms with E-state index in [0.29, 0.717) is 25.7 Å². The zero-order valence-electron chi connectivity index (χ0n) is 19.6. The number of hydrogen-bond donors (Lipinski definition) is 2. The normalized spacial score (nSPS) is 16.9. The minimum atomic E-state index is 0. The van der Waals surface area contributed by atoms with Crippen LogP contribution in [0.3, 0.4) is 0 Å². The average molecular weight is 549 g/mol. The molecule has 0 saturated carbocycles. The van der Waals surface area contributed by atoms with Crippen LogP contribution in [0.2, 0.25) is 0 Å². The lowest BCUT2D eigenvalue weighted by atomic mass is 10.1. The van der Waals surface area contributed by atoms with Gasteiger partial charge in [-0.05, 0) is 70.0 Å². The monoisotopic (exact) mass is 548 g/mol. The first-order chi connectivity index (χ1) is 14.6. The van der Waals surface area contributed by atoms with Gasteiger partial charge < -0.3 is 29.7 Å². The lowest BCUT2D eigenvalue weighted by molar-refractivity contribution is 0.0699. The highest BCUT2D eigenvalue weighted by atomic mass is 127. The molecule has 31 heavy (non-hydrogen) atoms. The van der Waals surface area contributed by atoms with Gasteiger partial charge in [0, 0.05) is 39.0 Å². The van der Waals surface area contributed by atoms with Gasteiger partial charge >= 0.3 is 0 Å². The summed E-state index contributed by atoms with van der Waals surface area (Å²) in [6.45, 7) is 13.3. The van der Waals surface area contributed by atoms with E-state index in [-0.39, 0.29) is 30.1 Å². The summed E-state index contributed by atoms with van der Waals surface area (Å²) in [5, 5.41) is 6.87. The number of nitrogens with one attached hydrogen (secondary N) is 2. The van der Waals surface area contributed by atoms with Crippen molar-refractivity contribution in [2.24, 2.45) is 10.9 Å². The summed E-state index contributed by atoms with van der Waals surface area (Å²) in [6.07, 6.45) is 2.31. The molecule has 1 fully saturated rings. The van der Waals surface area contributed by atoms with Crippen molar-refractivity contribution in [3.05, 3.63) is 24.3 Å². The van der Waals surface area contributed by atoms with Crippen LogP contribution in [0.4, 0.5) is 5.69 Å². The van der Waals surface area contributed by atoms with Crippen LogP contribution in [0.5, 0.6) is 5.75 Å². The third kappa shape index (κ3) is 11.9. The smallest absolute Gasteiger partial charge is 0.195 e. The highest BCUT2D eigenvalue weighted by molar-refractivity contribution is 14.0. The van der Waals surface area contributed by atoms with E-state index in [1.165, 1.54) is 13.0 Å². The number of anilines is 1. The van der Waals surface area contributed by atoms with E-state index < -0.39 is 0 Å². The maximum absolute atomic E-state index is 5.73. The molecule has 0 amide bonds. The SMILES string of the molecule is CCN1CCC(CN=C(NCCCOCCOC)Nc2ccc(OC(C)C)cc2)C1.I. The van der Waals surface area contributed by atoms with Crippen molar-refractivity contribution in [1.29, 1.82) is 0 Å². The molecule has 7 nitrogen and oxygen atoms in total. The molecule has 0 bridgehead atoms. The molecule has 0 radical (unpaired) electrons. The number of hydrogen-bond acceptors (Lipinski definition) is 5. The van der Waals surface area contributed by atoms with Crippen molar-refractivity contribution < 1.29 is 14.2 Å². The number of ether oxygens (including phenoxy) is 3. The van der Waals surface area contributed by atoms with Crippen LogP contribution in [-0.4, -0.2) is 76.6 Å². The molecule has 0 spiro atoms. The molecule has 1 heterocycles. The molecule has 2 N–H and O–H groups in total. The van der Waals surface area contributed by atoms with Crippen molar-refractivity contribution in [3.8, 4) is 5.75 Å². The molecule has 2 rings (SSSR count). The zero-order valence-corrected chi connectivity index (χ0v) is 21.9. The van der Waals surface area contributed by atoms with Crippen LogP contribution in [0.25, 0.3) is 0 Å². The predicted octanol–water partition coefficient (Wildman–Crippen LogP) is 3.84. The maximum Gasteiger partial charge on any atom is 0.195 e. The molecule has 1 aromatic rings. The fourth-order valence-corrected chi connectivity index (χ4v) is 3.36. The number of methoxy groups -OCH3 is 1. The van der Waals surface area contributed by atoms with E-state index in [4.69, 9.17) is 19.2 Å². The second-order valence-corrected chi connectivity index (χ2v) is 7.94. The van der Waals surface area contributed by atoms with Gasteiger partial charge in [0.25, 0.3) is 0 Å².